The van der Waals surface area contributed by atoms with E-state index in [-0.39, 0.29) is 16.1 Å². The first-order valence-corrected chi connectivity index (χ1v) is 12.5. The van der Waals surface area contributed by atoms with Gasteiger partial charge in [-0.3, -0.25) is 4.72 Å². The molecule has 4 aromatic rings. The summed E-state index contributed by atoms with van der Waals surface area (Å²) in [5.41, 5.74) is 5.43. The second kappa shape index (κ2) is 8.15. The third-order valence-electron chi connectivity index (χ3n) is 5.50. The van der Waals surface area contributed by atoms with E-state index in [9.17, 15) is 8.42 Å². The number of hydrogen-bond donors (Lipinski definition) is 1. The largest absolute Gasteiger partial charge is 0.263 e. The lowest BCUT2D eigenvalue weighted by atomic mass is 9.91. The topological polar surface area (TPSA) is 76.9 Å². The Balaban J connectivity index is 1.94. The van der Waals surface area contributed by atoms with Crippen molar-refractivity contribution in [3.8, 4) is 5.69 Å². The number of nitrogens with zero attached hydrogens (tertiary/aromatic N) is 3. The van der Waals surface area contributed by atoms with E-state index in [1.165, 1.54) is 12.1 Å². The van der Waals surface area contributed by atoms with Crippen molar-refractivity contribution >= 4 is 38.5 Å². The average Bonchev–Trinajstić information content (AvgIpc) is 3.04. The number of aromatic nitrogens is 3. The summed E-state index contributed by atoms with van der Waals surface area (Å²) in [5, 5.41) is 5.79. The zero-order valence-corrected chi connectivity index (χ0v) is 21.1. The van der Waals surface area contributed by atoms with E-state index in [0.717, 1.165) is 28.1 Å². The number of rotatable bonds is 4. The molecule has 0 aliphatic rings. The van der Waals surface area contributed by atoms with Crippen LogP contribution in [0.4, 0.5) is 5.82 Å². The van der Waals surface area contributed by atoms with Crippen LogP contribution < -0.4 is 4.72 Å². The van der Waals surface area contributed by atoms with Gasteiger partial charge in [0.2, 0.25) is 0 Å². The molecule has 1 N–H and O–H groups in total. The maximum atomic E-state index is 13.1. The molecule has 0 aliphatic heterocycles. The van der Waals surface area contributed by atoms with E-state index in [1.807, 2.05) is 32.9 Å². The maximum Gasteiger partial charge on any atom is 0.263 e. The fourth-order valence-corrected chi connectivity index (χ4v) is 5.09. The predicted octanol–water partition coefficient (Wildman–Crippen LogP) is 6.10. The highest BCUT2D eigenvalue weighted by atomic mass is 35.5. The van der Waals surface area contributed by atoms with Crippen molar-refractivity contribution in [3.63, 3.8) is 0 Å². The zero-order chi connectivity index (χ0) is 24.1. The van der Waals surface area contributed by atoms with Crippen molar-refractivity contribution in [3.05, 3.63) is 75.9 Å². The summed E-state index contributed by atoms with van der Waals surface area (Å²) in [7, 11) is -3.87. The number of sulfonamides is 1. The van der Waals surface area contributed by atoms with E-state index in [0.29, 0.717) is 16.1 Å². The van der Waals surface area contributed by atoms with Gasteiger partial charge in [0.25, 0.3) is 10.0 Å². The van der Waals surface area contributed by atoms with Crippen LogP contribution in [0.15, 0.2) is 53.4 Å². The number of anilines is 1. The van der Waals surface area contributed by atoms with Crippen molar-refractivity contribution in [1.82, 2.24) is 14.8 Å². The van der Waals surface area contributed by atoms with Gasteiger partial charge in [0.15, 0.2) is 11.5 Å². The van der Waals surface area contributed by atoms with Crippen molar-refractivity contribution in [1.29, 1.82) is 0 Å². The van der Waals surface area contributed by atoms with Gasteiger partial charge in [0.1, 0.15) is 0 Å². The van der Waals surface area contributed by atoms with Crippen molar-refractivity contribution in [2.75, 3.05) is 4.72 Å². The molecule has 8 heteroatoms. The lowest BCUT2D eigenvalue weighted by molar-refractivity contribution is 0.570. The maximum absolute atomic E-state index is 13.1. The third kappa shape index (κ3) is 4.48. The number of pyridine rings is 1. The third-order valence-corrected chi connectivity index (χ3v) is 7.11. The summed E-state index contributed by atoms with van der Waals surface area (Å²) < 4.78 is 30.6. The summed E-state index contributed by atoms with van der Waals surface area (Å²) >= 11 is 5.92. The minimum atomic E-state index is -3.87. The highest BCUT2D eigenvalue weighted by Crippen LogP contribution is 2.32. The van der Waals surface area contributed by atoms with Crippen LogP contribution >= 0.6 is 11.6 Å². The molecule has 0 radical (unpaired) electrons. The average molecular weight is 483 g/mol. The van der Waals surface area contributed by atoms with Crippen LogP contribution in [-0.4, -0.2) is 23.2 Å². The Kier molecular flexibility index (Phi) is 5.75. The molecule has 0 bridgehead atoms. The Morgan fingerprint density at radius 3 is 2.12 bits per heavy atom. The van der Waals surface area contributed by atoms with Gasteiger partial charge in [0, 0.05) is 16.1 Å². The summed E-state index contributed by atoms with van der Waals surface area (Å²) in [6, 6.07) is 14.0. The quantitative estimate of drug-likeness (QED) is 0.381. The van der Waals surface area contributed by atoms with Gasteiger partial charge < -0.3 is 0 Å². The number of hydrogen-bond acceptors (Lipinski definition) is 4. The Morgan fingerprint density at radius 2 is 1.55 bits per heavy atom. The first kappa shape index (κ1) is 23.3. The molecule has 6 nitrogen and oxygen atoms in total. The van der Waals surface area contributed by atoms with Gasteiger partial charge in [-0.25, -0.2) is 18.1 Å². The van der Waals surface area contributed by atoms with E-state index < -0.39 is 10.0 Å². The van der Waals surface area contributed by atoms with Crippen LogP contribution in [0, 0.1) is 20.8 Å². The van der Waals surface area contributed by atoms with Crippen LogP contribution in [0.2, 0.25) is 5.02 Å². The molecule has 0 fully saturated rings. The van der Waals surface area contributed by atoms with E-state index >= 15 is 0 Å². The predicted molar refractivity (Wildman–Crippen MR) is 134 cm³/mol. The van der Waals surface area contributed by atoms with E-state index in [2.05, 4.69) is 37.6 Å². The molecule has 33 heavy (non-hydrogen) atoms. The van der Waals surface area contributed by atoms with Crippen LogP contribution in [0.25, 0.3) is 16.7 Å². The molecule has 4 rings (SSSR count). The minimum absolute atomic E-state index is 0.108. The highest BCUT2D eigenvalue weighted by Gasteiger charge is 2.24. The summed E-state index contributed by atoms with van der Waals surface area (Å²) in [6.45, 7) is 12.4. The first-order valence-electron chi connectivity index (χ1n) is 10.6. The van der Waals surface area contributed by atoms with Crippen molar-refractivity contribution in [2.24, 2.45) is 0 Å². The second-order valence-electron chi connectivity index (χ2n) is 9.38. The van der Waals surface area contributed by atoms with Gasteiger partial charge in [-0.05, 0) is 68.3 Å². The smallest absolute Gasteiger partial charge is 0.261 e. The molecule has 172 valence electrons. The molecule has 0 saturated carbocycles. The van der Waals surface area contributed by atoms with E-state index in [4.69, 9.17) is 21.7 Å². The number of benzene rings is 2. The monoisotopic (exact) mass is 482 g/mol. The minimum Gasteiger partial charge on any atom is -0.261 e. The molecule has 0 amide bonds. The number of aryl methyl sites for hydroxylation is 3. The molecular weight excluding hydrogens is 456 g/mol. The fourth-order valence-electron chi connectivity index (χ4n) is 3.95. The van der Waals surface area contributed by atoms with Gasteiger partial charge in [-0.15, -0.1) is 5.10 Å². The van der Waals surface area contributed by atoms with Crippen LogP contribution in [0.1, 0.15) is 43.2 Å². The Bertz CT molecular complexity index is 1440. The first-order chi connectivity index (χ1) is 15.4. The van der Waals surface area contributed by atoms with Crippen LogP contribution in [0.3, 0.4) is 0 Å². The summed E-state index contributed by atoms with van der Waals surface area (Å²) in [4.78, 5) is 5.02. The lowest BCUT2D eigenvalue weighted by Crippen LogP contribution is -2.14. The van der Waals surface area contributed by atoms with Crippen molar-refractivity contribution in [2.45, 2.75) is 51.9 Å². The van der Waals surface area contributed by atoms with Crippen molar-refractivity contribution < 1.29 is 8.42 Å². The number of nitrogens with one attached hydrogen (secondary N) is 1. The number of halogens is 1. The summed E-state index contributed by atoms with van der Waals surface area (Å²) in [6.07, 6.45) is 0. The van der Waals surface area contributed by atoms with Gasteiger partial charge >= 0.3 is 0 Å². The second-order valence-corrected chi connectivity index (χ2v) is 11.5. The molecule has 0 aliphatic carbocycles. The fraction of sp³-hybridized carbons (Fsp3) is 0.280. The molecular formula is C25H27ClN4O2S. The van der Waals surface area contributed by atoms with Gasteiger partial charge in [-0.1, -0.05) is 50.1 Å². The summed E-state index contributed by atoms with van der Waals surface area (Å²) in [5.74, 6) is 0.229. The SMILES string of the molecule is Cc1cc(C)c(-n2nc(NS(=O)(=O)c3ccc(Cl)cc3)c3ccc(C(C)(C)C)nc32)c(C)c1. The Labute approximate surface area is 199 Å². The Morgan fingerprint density at radius 1 is 0.939 bits per heavy atom. The van der Waals surface area contributed by atoms with E-state index in [1.54, 1.807) is 16.8 Å². The normalized spacial score (nSPS) is 12.3. The highest BCUT2D eigenvalue weighted by molar-refractivity contribution is 7.92. The number of fused-ring (bicyclic) bond motifs is 1. The molecule has 0 saturated heterocycles. The lowest BCUT2D eigenvalue weighted by Gasteiger charge is -2.18. The molecule has 2 aromatic carbocycles. The molecule has 2 aromatic heterocycles. The van der Waals surface area contributed by atoms with Crippen LogP contribution in [-0.2, 0) is 15.4 Å². The van der Waals surface area contributed by atoms with Gasteiger partial charge in [0.05, 0.1) is 16.0 Å². The molecule has 0 unspecified atom stereocenters. The molecule has 2 heterocycles. The molecule has 0 atom stereocenters. The Hall–Kier alpha value is -2.90. The zero-order valence-electron chi connectivity index (χ0n) is 19.6. The molecule has 0 spiro atoms. The van der Waals surface area contributed by atoms with Crippen LogP contribution in [0.5, 0.6) is 0 Å². The van der Waals surface area contributed by atoms with Gasteiger partial charge in [-0.2, -0.15) is 0 Å². The standard InChI is InChI=1S/C25H27ClN4O2S/c1-15-13-16(2)22(17(3)14-15)30-24-20(11-12-21(27-24)25(4,5)6)23(28-30)29-33(31,32)19-9-7-18(26)8-10-19/h7-14H,1-6H3,(H,28,29).